The van der Waals surface area contributed by atoms with Gasteiger partial charge in [-0.1, -0.05) is 70.8 Å². The third-order valence-corrected chi connectivity index (χ3v) is 18.1. The molecular weight excluding hydrogens is 2910 g/mol. The van der Waals surface area contributed by atoms with Crippen molar-refractivity contribution in [1.29, 1.82) is 36.8 Å². The number of nitro benzene ring substituents is 3. The quantitative estimate of drug-likeness (QED) is 0.00883. The second-order valence-electron chi connectivity index (χ2n) is 29.3. The molecule has 0 bridgehead atoms. The molecule has 6 N–H and O–H groups in total. The third kappa shape index (κ3) is 56.5. The predicted octanol–water partition coefficient (Wildman–Crippen LogP) is 19.7. The van der Waals surface area contributed by atoms with Gasteiger partial charge in [-0.25, -0.2) is 0 Å². The molecule has 47 heteroatoms. The first-order chi connectivity index (χ1) is 66.6. The Morgan fingerprint density at radius 3 is 1.05 bits per heavy atom. The number of nitrogens with two attached hydrogens (primary N) is 2. The number of aromatic hydroxyl groups is 2. The molecule has 0 radical (unpaired) electrons. The van der Waals surface area contributed by atoms with Crippen LogP contribution in [0.15, 0.2) is 158 Å². The number of allylic oxidation sites excluding steroid dienone is 3. The molecule has 7 aromatic carbocycles. The summed E-state index contributed by atoms with van der Waals surface area (Å²) in [6.45, 7) is 7.83. The zero-order valence-electron chi connectivity index (χ0n) is 76.7. The van der Waals surface area contributed by atoms with Gasteiger partial charge in [-0.2, -0.15) is 36.8 Å². The Hall–Kier alpha value is -6.98. The Balaban J connectivity index is 0.00000160. The van der Waals surface area contributed by atoms with E-state index in [9.17, 15) is 50.0 Å². The van der Waals surface area contributed by atoms with E-state index in [1.807, 2.05) is 109 Å². The number of ketones is 3. The van der Waals surface area contributed by atoms with Crippen molar-refractivity contribution >= 4 is 228 Å². The van der Waals surface area contributed by atoms with Gasteiger partial charge in [0.15, 0.2) is 28.8 Å². The van der Waals surface area contributed by atoms with Crippen LogP contribution in [0.4, 0.5) is 28.4 Å². The summed E-state index contributed by atoms with van der Waals surface area (Å²) in [5, 5.41) is 111. The molecule has 5 fully saturated rings. The van der Waals surface area contributed by atoms with Crippen LogP contribution >= 0.6 is 182 Å². The number of phenolic OH excluding ortho intramolecular Hbond substituents is 2. The van der Waals surface area contributed by atoms with Crippen LogP contribution in [-0.4, -0.2) is 225 Å². The molecule has 12 rings (SSSR count). The van der Waals surface area contributed by atoms with Crippen molar-refractivity contribution in [2.24, 2.45) is 0 Å². The maximum atomic E-state index is 12.2. The topological polar surface area (TPSA) is 542 Å². The number of nitrogens with zero attached hydrogens (tertiary/aromatic N) is 13. The van der Waals surface area contributed by atoms with E-state index in [0.717, 1.165) is 50.0 Å². The Kier molecular flexibility index (Phi) is 75.4. The van der Waals surface area contributed by atoms with Gasteiger partial charge in [0.1, 0.15) is 77.0 Å². The van der Waals surface area contributed by atoms with Crippen molar-refractivity contribution in [3.63, 3.8) is 0 Å². The van der Waals surface area contributed by atoms with Gasteiger partial charge < -0.3 is 83.7 Å². The summed E-state index contributed by atoms with van der Waals surface area (Å²) in [4.78, 5) is 76.4. The summed E-state index contributed by atoms with van der Waals surface area (Å²) in [6, 6.07) is 43.3. The minimum absolute atomic E-state index is 0. The zero-order valence-corrected chi connectivity index (χ0v) is 98.9. The van der Waals surface area contributed by atoms with Crippen molar-refractivity contribution in [2.75, 3.05) is 149 Å². The van der Waals surface area contributed by atoms with Crippen LogP contribution in [0.5, 0.6) is 40.2 Å². The van der Waals surface area contributed by atoms with E-state index in [1.165, 1.54) is 54.6 Å². The Bertz CT molecular complexity index is 5410. The van der Waals surface area contributed by atoms with E-state index in [-0.39, 0.29) is 125 Å². The number of likely N-dealkylation sites (N-methyl/N-ethyl adjacent to an activating group) is 3. The van der Waals surface area contributed by atoms with E-state index < -0.39 is 26.2 Å². The summed E-state index contributed by atoms with van der Waals surface area (Å²) >= 11 is 20.7. The molecular formula is C93H107I9N15O21V2. The van der Waals surface area contributed by atoms with E-state index >= 15 is 0 Å². The summed E-state index contributed by atoms with van der Waals surface area (Å²) < 4.78 is 55.0. The molecule has 5 saturated heterocycles. The molecule has 0 amide bonds. The second-order valence-corrected chi connectivity index (χ2v) is 76.4. The monoisotopic (exact) mass is 3010 g/mol. The summed E-state index contributed by atoms with van der Waals surface area (Å²) in [7, 11) is 12.2. The van der Waals surface area contributed by atoms with E-state index in [1.54, 1.807) is 85.0 Å². The molecule has 5 atom stereocenters. The number of phenols is 2. The average Bonchev–Trinajstić information content (AvgIpc) is 0.932. The standard InChI is InChI=1S/C18H21N3O5.C18H23N3O3.C18H22N2O3.C11H10N2O4.C11H12N2O2.C7H4N2O3.C7H5NO.2CH3I.CH4.I2.5HI.2V/c1-20(2)6-3-4-15(22)9-13-8-14(11-19)17(21(23)24)10-18(13)26-16-5-7-25-12-16;1-21(2)6-3-4-15(22)9-13-8-14(11-19)17(20)10-18(13)24-16-5-7-23-12-16;1-20(2)8-3-4-16(21)11-15-10-14(12-19)5-6-18(15)23-17-7-9-22-13-17;12-6-8-1-2-11(10(5-8)13(14)15)17-9-3-4-16-7-9;12-6-8-1-2-11(10(13)5-8)15-9-3-4-14-7-9;8-4-5-1-2-7(10)6(3-5)9(11)12;8-5-6-1-3-7(9)4-2-6;2*1-2;;1-2;;;;;;;/h3-4,8,10,16H,5-7,9,12H2,1-2H3;3-4,8,10,16H,5-7,9,12,20H2,1-2H3;3-6,10,17H,7-9,11,13H2,1-2H3;1-2,5,9H,3-4,7H2;1-2,5,9H,3-4,7,13H2;1-3,10H;1-4,9H;2*1H3;1H4;;5*1H;;/q;;;;;;;;;;;;;;;;+2;+3/p-5/b3*4-3+;;;;;;;;;;;;;;;. The number of ether oxygens (including phenoxy) is 10. The number of nitro groups is 3. The molecule has 5 unspecified atom stereocenters. The maximum absolute atomic E-state index is 12.2. The number of hydrogen-bond donors (Lipinski definition) is 4. The van der Waals surface area contributed by atoms with E-state index in [4.69, 9.17) is 101 Å². The molecule has 5 aliphatic heterocycles. The van der Waals surface area contributed by atoms with Gasteiger partial charge in [-0.3, -0.25) is 44.7 Å². The van der Waals surface area contributed by atoms with Crippen LogP contribution in [-0.2, 0) is 71.7 Å². The minimum atomic E-state index is -0.740. The first-order valence-electron chi connectivity index (χ1n) is 41.1. The molecule has 36 nitrogen and oxygen atoms in total. The number of benzene rings is 7. The van der Waals surface area contributed by atoms with E-state index in [0.29, 0.717) is 157 Å². The van der Waals surface area contributed by atoms with E-state index in [2.05, 4.69) is 188 Å². The van der Waals surface area contributed by atoms with Gasteiger partial charge >= 0.3 is 126 Å². The average molecular weight is 3010 g/mol. The second kappa shape index (κ2) is 79.3. The fraction of sp³-hybridized carbons (Fsp3) is 0.376. The van der Waals surface area contributed by atoms with Crippen molar-refractivity contribution in [3.8, 4) is 82.7 Å². The molecule has 5 heterocycles. The number of rotatable bonds is 28. The molecule has 0 aromatic heterocycles. The van der Waals surface area contributed by atoms with Gasteiger partial charge in [0.25, 0.3) is 5.69 Å². The molecule has 140 heavy (non-hydrogen) atoms. The zero-order chi connectivity index (χ0) is 104. The van der Waals surface area contributed by atoms with Crippen LogP contribution in [0.25, 0.3) is 0 Å². The summed E-state index contributed by atoms with van der Waals surface area (Å²) in [6.07, 6.45) is 14.0. The van der Waals surface area contributed by atoms with Crippen molar-refractivity contribution < 1.29 is 101 Å². The number of halogens is 9. The van der Waals surface area contributed by atoms with Crippen molar-refractivity contribution in [3.05, 3.63) is 244 Å². The molecule has 0 aliphatic carbocycles. The van der Waals surface area contributed by atoms with Crippen LogP contribution in [0.2, 0.25) is 0 Å². The number of carbonyl (C=O) groups is 3. The Morgan fingerprint density at radius 2 is 0.714 bits per heavy atom. The number of nitrogen functional groups attached to an aromatic ring is 2. The number of anilines is 2. The fourth-order valence-electron chi connectivity index (χ4n) is 11.7. The SMILES string of the molecule is C.CI.CI.CN(C)C/C=C/C(=O)Cc1cc(C#N)c(N)cc1OC1CCOC1.CN(C)C/C=C/C(=O)Cc1cc(C#N)c([N+](=O)[O-])cc1OC1CCOC1.CN(C)C/C=C/C(=O)Cc1cc(C#N)ccc1OC1CCOC1.II.N#Cc1ccc(O)c([N+](=O)[O-])c1.N#Cc1ccc(O)cc1.N#Cc1ccc(OC2CCOC2)c(N)c1.N#Cc1ccc(OC2CCOC2)c([N+](=O)[O-])c1.[I][V]([I])[I].[I][V][I]. The third-order valence-electron chi connectivity index (χ3n) is 18.1. The molecule has 5 aliphatic rings. The van der Waals surface area contributed by atoms with Gasteiger partial charge in [-0.05, 0) is 167 Å². The number of hydrogen-bond acceptors (Lipinski definition) is 33. The van der Waals surface area contributed by atoms with Crippen LogP contribution in [0.1, 0.15) is 95.2 Å². The van der Waals surface area contributed by atoms with Gasteiger partial charge in [-0.15, -0.1) is 0 Å². The first-order valence-corrected chi connectivity index (χ1v) is 74.2. The number of nitriles is 7. The molecule has 7 aromatic rings. The van der Waals surface area contributed by atoms with Crippen LogP contribution in [0.3, 0.4) is 0 Å². The summed E-state index contributed by atoms with van der Waals surface area (Å²) in [5.41, 5.74) is 15.7. The molecule has 0 saturated carbocycles. The fourth-order valence-corrected chi connectivity index (χ4v) is 11.7. The van der Waals surface area contributed by atoms with Crippen molar-refractivity contribution in [2.45, 2.75) is 89.3 Å². The summed E-state index contributed by atoms with van der Waals surface area (Å²) in [5.74, 6) is 1.82. The Morgan fingerprint density at radius 1 is 0.421 bits per heavy atom. The molecule has 753 valence electrons. The van der Waals surface area contributed by atoms with Gasteiger partial charge in [0, 0.05) is 143 Å². The predicted molar refractivity (Wildman–Crippen MR) is 603 cm³/mol. The van der Waals surface area contributed by atoms with Crippen LogP contribution < -0.4 is 35.2 Å². The number of alkyl halides is 2. The van der Waals surface area contributed by atoms with Gasteiger partial charge in [0.2, 0.25) is 0 Å². The number of carbonyl (C=O) groups excluding carboxylic acids is 3. The normalized spacial score (nSPS) is 15.1. The van der Waals surface area contributed by atoms with Gasteiger partial charge in [0.05, 0.1) is 162 Å². The first kappa shape index (κ1) is 133. The van der Waals surface area contributed by atoms with Crippen molar-refractivity contribution in [1.82, 2.24) is 14.7 Å². The van der Waals surface area contributed by atoms with Crippen LogP contribution in [0, 0.1) is 110 Å². The Labute approximate surface area is 933 Å². The molecule has 0 spiro atoms.